The van der Waals surface area contributed by atoms with Gasteiger partial charge < -0.3 is 5.32 Å². The average molecular weight is 296 g/mol. The molecule has 0 spiro atoms. The first-order chi connectivity index (χ1) is 10.1. The van der Waals surface area contributed by atoms with Gasteiger partial charge in [0.1, 0.15) is 0 Å². The Balaban J connectivity index is 2.16. The summed E-state index contributed by atoms with van der Waals surface area (Å²) in [6, 6.07) is 3.92. The second-order valence-corrected chi connectivity index (χ2v) is 5.32. The van der Waals surface area contributed by atoms with Crippen molar-refractivity contribution < 1.29 is 9.31 Å². The highest BCUT2D eigenvalue weighted by molar-refractivity contribution is 5.51. The summed E-state index contributed by atoms with van der Waals surface area (Å²) in [6.07, 6.45) is 9.93. The zero-order valence-corrected chi connectivity index (χ0v) is 12.7. The van der Waals surface area contributed by atoms with E-state index in [0.717, 1.165) is 25.5 Å². The minimum absolute atomic E-state index is 0.476. The van der Waals surface area contributed by atoms with E-state index in [1.807, 2.05) is 0 Å². The summed E-state index contributed by atoms with van der Waals surface area (Å²) in [5, 5.41) is 13.7. The van der Waals surface area contributed by atoms with Crippen LogP contribution in [0.5, 0.6) is 0 Å². The average Bonchev–Trinajstić information content (AvgIpc) is 2.47. The molecule has 0 saturated heterocycles. The molecule has 0 radical (unpaired) electrons. The SMILES string of the molecule is CCCCCCCCCCNc1ccc(F)c([N+](=O)[O-])c1. The fraction of sp³-hybridized carbons (Fsp3) is 0.625. The van der Waals surface area contributed by atoms with Gasteiger partial charge in [-0.2, -0.15) is 4.39 Å². The number of nitrogens with one attached hydrogen (secondary N) is 1. The van der Waals surface area contributed by atoms with Gasteiger partial charge in [-0.15, -0.1) is 0 Å². The van der Waals surface area contributed by atoms with E-state index < -0.39 is 16.4 Å². The zero-order valence-electron chi connectivity index (χ0n) is 12.7. The molecule has 5 heteroatoms. The van der Waals surface area contributed by atoms with Crippen LogP contribution in [0.4, 0.5) is 15.8 Å². The molecule has 0 fully saturated rings. The van der Waals surface area contributed by atoms with Gasteiger partial charge in [0.25, 0.3) is 0 Å². The number of anilines is 1. The first-order valence-corrected chi connectivity index (χ1v) is 7.83. The molecule has 21 heavy (non-hydrogen) atoms. The fourth-order valence-electron chi connectivity index (χ4n) is 2.25. The zero-order chi connectivity index (χ0) is 15.5. The highest BCUT2D eigenvalue weighted by Gasteiger charge is 2.13. The van der Waals surface area contributed by atoms with Gasteiger partial charge in [-0.25, -0.2) is 0 Å². The van der Waals surface area contributed by atoms with Gasteiger partial charge in [-0.1, -0.05) is 51.9 Å². The summed E-state index contributed by atoms with van der Waals surface area (Å²) < 4.78 is 13.2. The minimum Gasteiger partial charge on any atom is -0.385 e. The standard InChI is InChI=1S/C16H25FN2O2/c1-2-3-4-5-6-7-8-9-12-18-14-10-11-15(17)16(13-14)19(20)21/h10-11,13,18H,2-9,12H2,1H3. The molecule has 0 saturated carbocycles. The summed E-state index contributed by atoms with van der Waals surface area (Å²) in [7, 11) is 0. The van der Waals surface area contributed by atoms with E-state index in [1.165, 1.54) is 50.7 Å². The third kappa shape index (κ3) is 7.06. The molecular weight excluding hydrogens is 271 g/mol. The second-order valence-electron chi connectivity index (χ2n) is 5.32. The van der Waals surface area contributed by atoms with Gasteiger partial charge in [-0.3, -0.25) is 10.1 Å². The molecule has 0 unspecified atom stereocenters. The Morgan fingerprint density at radius 2 is 1.71 bits per heavy atom. The minimum atomic E-state index is -0.794. The van der Waals surface area contributed by atoms with E-state index >= 15 is 0 Å². The fourth-order valence-corrected chi connectivity index (χ4v) is 2.25. The van der Waals surface area contributed by atoms with Crippen LogP contribution in [0.2, 0.25) is 0 Å². The Hall–Kier alpha value is -1.65. The van der Waals surface area contributed by atoms with E-state index in [4.69, 9.17) is 0 Å². The highest BCUT2D eigenvalue weighted by atomic mass is 19.1. The lowest BCUT2D eigenvalue weighted by atomic mass is 10.1. The normalized spacial score (nSPS) is 10.6. The lowest BCUT2D eigenvalue weighted by molar-refractivity contribution is -0.387. The number of rotatable bonds is 11. The second kappa shape index (κ2) is 10.1. The number of nitro groups is 1. The van der Waals surface area contributed by atoms with Crippen molar-refractivity contribution in [3.05, 3.63) is 34.1 Å². The van der Waals surface area contributed by atoms with Gasteiger partial charge in [0.2, 0.25) is 5.82 Å². The largest absolute Gasteiger partial charge is 0.385 e. The summed E-state index contributed by atoms with van der Waals surface area (Å²) in [4.78, 5) is 9.94. The summed E-state index contributed by atoms with van der Waals surface area (Å²) >= 11 is 0. The number of benzene rings is 1. The van der Waals surface area contributed by atoms with E-state index in [1.54, 1.807) is 0 Å². The van der Waals surface area contributed by atoms with E-state index in [2.05, 4.69) is 12.2 Å². The molecule has 1 N–H and O–H groups in total. The van der Waals surface area contributed by atoms with Crippen LogP contribution in [0.15, 0.2) is 18.2 Å². The quantitative estimate of drug-likeness (QED) is 0.343. The van der Waals surface area contributed by atoms with Gasteiger partial charge in [0.05, 0.1) is 4.92 Å². The van der Waals surface area contributed by atoms with Gasteiger partial charge >= 0.3 is 5.69 Å². The summed E-state index contributed by atoms with van der Waals surface area (Å²) in [6.45, 7) is 2.98. The highest BCUT2D eigenvalue weighted by Crippen LogP contribution is 2.21. The molecule has 118 valence electrons. The van der Waals surface area contributed by atoms with Crippen molar-refractivity contribution in [2.75, 3.05) is 11.9 Å². The maximum atomic E-state index is 13.2. The maximum Gasteiger partial charge on any atom is 0.306 e. The topological polar surface area (TPSA) is 55.2 Å². The van der Waals surface area contributed by atoms with Gasteiger partial charge in [-0.05, 0) is 18.6 Å². The van der Waals surface area contributed by atoms with Crippen molar-refractivity contribution in [2.24, 2.45) is 0 Å². The molecule has 1 aromatic rings. The van der Waals surface area contributed by atoms with E-state index in [9.17, 15) is 14.5 Å². The monoisotopic (exact) mass is 296 g/mol. The van der Waals surface area contributed by atoms with Crippen LogP contribution in [0.3, 0.4) is 0 Å². The lowest BCUT2D eigenvalue weighted by Crippen LogP contribution is -2.02. The van der Waals surface area contributed by atoms with Crippen molar-refractivity contribution in [2.45, 2.75) is 58.3 Å². The van der Waals surface area contributed by atoms with Gasteiger partial charge in [0.15, 0.2) is 0 Å². The third-order valence-electron chi connectivity index (χ3n) is 3.50. The van der Waals surface area contributed by atoms with Crippen molar-refractivity contribution in [3.63, 3.8) is 0 Å². The van der Waals surface area contributed by atoms with E-state index in [-0.39, 0.29) is 0 Å². The Bertz CT molecular complexity index is 438. The van der Waals surface area contributed by atoms with E-state index in [0.29, 0.717) is 5.69 Å². The van der Waals surface area contributed by atoms with Crippen LogP contribution in [-0.2, 0) is 0 Å². The number of hydrogen-bond acceptors (Lipinski definition) is 3. The van der Waals surface area contributed by atoms with Crippen molar-refractivity contribution in [1.29, 1.82) is 0 Å². The molecule has 1 rings (SSSR count). The molecule has 0 aliphatic heterocycles. The number of unbranched alkanes of at least 4 members (excludes halogenated alkanes) is 7. The molecule has 0 heterocycles. The van der Waals surface area contributed by atoms with Crippen molar-refractivity contribution in [3.8, 4) is 0 Å². The predicted octanol–water partition coefficient (Wildman–Crippen LogP) is 5.29. The predicted molar refractivity (Wildman–Crippen MR) is 84.2 cm³/mol. The van der Waals surface area contributed by atoms with Crippen LogP contribution in [0, 0.1) is 15.9 Å². The van der Waals surface area contributed by atoms with Crippen LogP contribution >= 0.6 is 0 Å². The van der Waals surface area contributed by atoms with Crippen LogP contribution in [-0.4, -0.2) is 11.5 Å². The lowest BCUT2D eigenvalue weighted by Gasteiger charge is -2.06. The molecular formula is C16H25FN2O2. The first kappa shape index (κ1) is 17.4. The molecule has 0 atom stereocenters. The van der Waals surface area contributed by atoms with Crippen molar-refractivity contribution in [1.82, 2.24) is 0 Å². The van der Waals surface area contributed by atoms with Crippen LogP contribution in [0.1, 0.15) is 58.3 Å². The third-order valence-corrected chi connectivity index (χ3v) is 3.50. The first-order valence-electron chi connectivity index (χ1n) is 7.83. The van der Waals surface area contributed by atoms with Crippen molar-refractivity contribution >= 4 is 11.4 Å². The number of hydrogen-bond donors (Lipinski definition) is 1. The molecule has 0 bridgehead atoms. The van der Waals surface area contributed by atoms with Crippen LogP contribution < -0.4 is 5.32 Å². The molecule has 1 aromatic carbocycles. The number of nitro benzene ring substituents is 1. The maximum absolute atomic E-state index is 13.2. The Labute approximate surface area is 125 Å². The number of halogens is 1. The van der Waals surface area contributed by atoms with Gasteiger partial charge in [0, 0.05) is 18.3 Å². The smallest absolute Gasteiger partial charge is 0.306 e. The molecule has 0 aliphatic rings. The molecule has 4 nitrogen and oxygen atoms in total. The number of nitrogens with zero attached hydrogens (tertiary/aromatic N) is 1. The summed E-state index contributed by atoms with van der Waals surface area (Å²) in [5.41, 5.74) is 0.127. The Morgan fingerprint density at radius 1 is 1.10 bits per heavy atom. The Morgan fingerprint density at radius 3 is 2.33 bits per heavy atom. The molecule has 0 amide bonds. The Kier molecular flexibility index (Phi) is 8.40. The molecule has 0 aliphatic carbocycles. The summed E-state index contributed by atoms with van der Waals surface area (Å²) in [5.74, 6) is -0.794. The van der Waals surface area contributed by atoms with Crippen LogP contribution in [0.25, 0.3) is 0 Å². The molecule has 0 aromatic heterocycles.